The van der Waals surface area contributed by atoms with Crippen LogP contribution in [0.5, 0.6) is 5.75 Å². The molecule has 1 amide bonds. The van der Waals surface area contributed by atoms with E-state index in [0.717, 1.165) is 31.9 Å². The quantitative estimate of drug-likeness (QED) is 0.388. The van der Waals surface area contributed by atoms with Gasteiger partial charge in [0.05, 0.1) is 6.54 Å². The summed E-state index contributed by atoms with van der Waals surface area (Å²) in [6, 6.07) is 6.19. The highest BCUT2D eigenvalue weighted by Crippen LogP contribution is 2.09. The fraction of sp³-hybridized carbons (Fsp3) is 0.529. The zero-order valence-corrected chi connectivity index (χ0v) is 14.3. The molecule has 6 nitrogen and oxygen atoms in total. The fourth-order valence-electron chi connectivity index (χ4n) is 2.02. The topological polar surface area (TPSA) is 77.0 Å². The molecule has 0 radical (unpaired) electrons. The predicted molar refractivity (Wildman–Crippen MR) is 94.0 cm³/mol. The molecule has 6 heteroatoms. The van der Waals surface area contributed by atoms with Gasteiger partial charge in [-0.25, -0.2) is 0 Å². The minimum atomic E-state index is -0.162. The number of hydrogen-bond donors (Lipinski definition) is 3. The van der Waals surface area contributed by atoms with Crippen molar-refractivity contribution in [1.29, 1.82) is 0 Å². The van der Waals surface area contributed by atoms with E-state index in [1.165, 1.54) is 12.1 Å². The zero-order valence-electron chi connectivity index (χ0n) is 14.3. The molecule has 0 saturated carbocycles. The molecule has 0 aliphatic heterocycles. The third kappa shape index (κ3) is 7.04. The van der Waals surface area contributed by atoms with Crippen LogP contribution < -0.4 is 10.6 Å². The Morgan fingerprint density at radius 1 is 1.22 bits per heavy atom. The molecular formula is C17H28N4O2. The van der Waals surface area contributed by atoms with E-state index >= 15 is 0 Å². The molecule has 1 aromatic rings. The molecular weight excluding hydrogens is 292 g/mol. The minimum Gasteiger partial charge on any atom is -0.508 e. The van der Waals surface area contributed by atoms with Crippen LogP contribution in [0.25, 0.3) is 0 Å². The highest BCUT2D eigenvalue weighted by molar-refractivity contribution is 5.94. The number of aliphatic imine (C=N–C) groups is 1. The van der Waals surface area contributed by atoms with Gasteiger partial charge in [-0.1, -0.05) is 13.3 Å². The SMILES string of the molecule is CCCCN(C)C(=NCCNC(=O)c1ccc(O)cc1)NCC. The first-order valence-electron chi connectivity index (χ1n) is 8.15. The molecule has 0 atom stereocenters. The number of hydrogen-bond acceptors (Lipinski definition) is 3. The Hall–Kier alpha value is -2.24. The molecule has 0 heterocycles. The molecule has 1 aromatic carbocycles. The lowest BCUT2D eigenvalue weighted by Crippen LogP contribution is -2.40. The number of nitrogens with zero attached hydrogens (tertiary/aromatic N) is 2. The Kier molecular flexibility index (Phi) is 8.57. The second-order valence-electron chi connectivity index (χ2n) is 5.31. The van der Waals surface area contributed by atoms with Gasteiger partial charge < -0.3 is 20.6 Å². The van der Waals surface area contributed by atoms with Crippen molar-refractivity contribution < 1.29 is 9.90 Å². The fourth-order valence-corrected chi connectivity index (χ4v) is 2.02. The zero-order chi connectivity index (χ0) is 17.1. The Morgan fingerprint density at radius 3 is 2.52 bits per heavy atom. The number of carbonyl (C=O) groups is 1. The number of rotatable bonds is 8. The van der Waals surface area contributed by atoms with Crippen LogP contribution >= 0.6 is 0 Å². The maximum atomic E-state index is 11.9. The summed E-state index contributed by atoms with van der Waals surface area (Å²) in [7, 11) is 2.02. The maximum Gasteiger partial charge on any atom is 0.251 e. The smallest absolute Gasteiger partial charge is 0.251 e. The highest BCUT2D eigenvalue weighted by atomic mass is 16.3. The van der Waals surface area contributed by atoms with Crippen LogP contribution in [0.3, 0.4) is 0 Å². The van der Waals surface area contributed by atoms with E-state index in [1.54, 1.807) is 12.1 Å². The van der Waals surface area contributed by atoms with Crippen LogP contribution in [0, 0.1) is 0 Å². The first-order valence-corrected chi connectivity index (χ1v) is 8.15. The summed E-state index contributed by atoms with van der Waals surface area (Å²) >= 11 is 0. The summed E-state index contributed by atoms with van der Waals surface area (Å²) < 4.78 is 0. The molecule has 0 unspecified atom stereocenters. The van der Waals surface area contributed by atoms with E-state index in [-0.39, 0.29) is 11.7 Å². The van der Waals surface area contributed by atoms with Crippen molar-refractivity contribution >= 4 is 11.9 Å². The summed E-state index contributed by atoms with van der Waals surface area (Å²) in [6.07, 6.45) is 2.27. The second kappa shape index (κ2) is 10.5. The molecule has 0 fully saturated rings. The van der Waals surface area contributed by atoms with Crippen LogP contribution in [-0.4, -0.2) is 55.1 Å². The lowest BCUT2D eigenvalue weighted by atomic mass is 10.2. The minimum absolute atomic E-state index is 0.150. The van der Waals surface area contributed by atoms with Crippen molar-refractivity contribution in [2.75, 3.05) is 33.2 Å². The number of amides is 1. The monoisotopic (exact) mass is 320 g/mol. The van der Waals surface area contributed by atoms with Crippen LogP contribution in [0.4, 0.5) is 0 Å². The van der Waals surface area contributed by atoms with Crippen molar-refractivity contribution in [2.45, 2.75) is 26.7 Å². The number of phenolic OH excluding ortho intramolecular Hbond substituents is 1. The molecule has 0 aliphatic rings. The molecule has 0 saturated heterocycles. The summed E-state index contributed by atoms with van der Waals surface area (Å²) in [5.41, 5.74) is 0.527. The molecule has 23 heavy (non-hydrogen) atoms. The van der Waals surface area contributed by atoms with E-state index < -0.39 is 0 Å². The van der Waals surface area contributed by atoms with Crippen molar-refractivity contribution in [2.24, 2.45) is 4.99 Å². The number of carbonyl (C=O) groups excluding carboxylic acids is 1. The van der Waals surface area contributed by atoms with Gasteiger partial charge in [0.15, 0.2) is 5.96 Å². The lowest BCUT2D eigenvalue weighted by Gasteiger charge is -2.21. The Bertz CT molecular complexity index is 500. The van der Waals surface area contributed by atoms with Crippen molar-refractivity contribution in [1.82, 2.24) is 15.5 Å². The molecule has 0 spiro atoms. The van der Waals surface area contributed by atoms with Gasteiger partial charge in [-0.05, 0) is 37.6 Å². The average molecular weight is 320 g/mol. The number of aromatic hydroxyl groups is 1. The molecule has 0 aromatic heterocycles. The predicted octanol–water partition coefficient (Wildman–Crippen LogP) is 1.82. The number of unbranched alkanes of at least 4 members (excludes halogenated alkanes) is 1. The third-order valence-electron chi connectivity index (χ3n) is 3.33. The molecule has 1 rings (SSSR count). The van der Waals surface area contributed by atoms with E-state index in [0.29, 0.717) is 18.7 Å². The summed E-state index contributed by atoms with van der Waals surface area (Å²) in [4.78, 5) is 18.6. The third-order valence-corrected chi connectivity index (χ3v) is 3.33. The molecule has 0 aliphatic carbocycles. The van der Waals surface area contributed by atoms with Gasteiger partial charge in [-0.15, -0.1) is 0 Å². The molecule has 3 N–H and O–H groups in total. The van der Waals surface area contributed by atoms with Crippen LogP contribution in [0.2, 0.25) is 0 Å². The van der Waals surface area contributed by atoms with Crippen LogP contribution in [0.15, 0.2) is 29.3 Å². The van der Waals surface area contributed by atoms with Gasteiger partial charge in [-0.2, -0.15) is 0 Å². The largest absolute Gasteiger partial charge is 0.508 e. The summed E-state index contributed by atoms with van der Waals surface area (Å²) in [5.74, 6) is 0.848. The van der Waals surface area contributed by atoms with Gasteiger partial charge >= 0.3 is 0 Å². The van der Waals surface area contributed by atoms with Crippen molar-refractivity contribution in [3.05, 3.63) is 29.8 Å². The van der Waals surface area contributed by atoms with Gasteiger partial charge in [0.25, 0.3) is 5.91 Å². The number of nitrogens with one attached hydrogen (secondary N) is 2. The van der Waals surface area contributed by atoms with Crippen LogP contribution in [-0.2, 0) is 0 Å². The van der Waals surface area contributed by atoms with E-state index in [9.17, 15) is 9.90 Å². The summed E-state index contributed by atoms with van der Waals surface area (Å²) in [6.45, 7) is 6.96. The first kappa shape index (κ1) is 18.8. The van der Waals surface area contributed by atoms with Gasteiger partial charge in [0, 0.05) is 32.2 Å². The average Bonchev–Trinajstić information content (AvgIpc) is 2.55. The number of phenols is 1. The van der Waals surface area contributed by atoms with E-state index in [2.05, 4.69) is 27.4 Å². The van der Waals surface area contributed by atoms with Gasteiger partial charge in [-0.3, -0.25) is 9.79 Å². The first-order chi connectivity index (χ1) is 11.1. The standard InChI is InChI=1S/C17H28N4O2/c1-4-6-13-21(3)17(18-5-2)20-12-11-19-16(23)14-7-9-15(22)10-8-14/h7-10,22H,4-6,11-13H2,1-3H3,(H,18,20)(H,19,23). The Morgan fingerprint density at radius 2 is 1.91 bits per heavy atom. The van der Waals surface area contributed by atoms with E-state index in [1.807, 2.05) is 14.0 Å². The van der Waals surface area contributed by atoms with Crippen LogP contribution in [0.1, 0.15) is 37.0 Å². The maximum absolute atomic E-state index is 11.9. The second-order valence-corrected chi connectivity index (χ2v) is 5.31. The summed E-state index contributed by atoms with van der Waals surface area (Å²) in [5, 5.41) is 15.3. The highest BCUT2D eigenvalue weighted by Gasteiger charge is 2.06. The number of guanidine groups is 1. The Balaban J connectivity index is 2.44. The Labute approximate surface area is 138 Å². The van der Waals surface area contributed by atoms with Crippen molar-refractivity contribution in [3.63, 3.8) is 0 Å². The van der Waals surface area contributed by atoms with Crippen molar-refractivity contribution in [3.8, 4) is 5.75 Å². The van der Waals surface area contributed by atoms with Gasteiger partial charge in [0.2, 0.25) is 0 Å². The van der Waals surface area contributed by atoms with E-state index in [4.69, 9.17) is 0 Å². The molecule has 0 bridgehead atoms. The number of benzene rings is 1. The lowest BCUT2D eigenvalue weighted by molar-refractivity contribution is 0.0955. The van der Waals surface area contributed by atoms with Gasteiger partial charge in [0.1, 0.15) is 5.75 Å². The normalized spacial score (nSPS) is 11.2. The molecule has 128 valence electrons.